The maximum absolute atomic E-state index is 14.5. The first-order valence-corrected chi connectivity index (χ1v) is 52.5. The summed E-state index contributed by atoms with van der Waals surface area (Å²) in [6, 6.07) is -2.44. The fraction of sp³-hybridized carbons (Fsp3) is 0.743. The van der Waals surface area contributed by atoms with Crippen LogP contribution in [0.3, 0.4) is 0 Å². The Kier molecular flexibility index (Phi) is 43.7. The SMILES string of the molecule is CO[C@H]1C[C@@H]2CC[C@@H](C)[C@@](O)(O2)C(=O)C(=O)N2CCCC[C@H]2C(=O)O[C@H]([C@H](C)C[C@@H]2CC[C@@H](OP(C)(C)=O)[C@H](OC)C2)CC(=O)[C@H](C)/C=C(\C)[C@@H](O)[C@@H](OC)C(=O)[C@H](C)C[C@H](C)/C=C/C=CC=C1C.[2H]C([2H])([2H])O[C@H]1C[C@@H]2CC[C@@H](C)[C@@](O)(O2)C(=O)C(=O)N2CCCC[C@H]2C(=O)O[C@H]([C@H](C)C[C@@H]2CC[C@H](n3cnnn3)[C@H](OC)C2)CC(=O)[C@H](C)/C=C(\C)[C@@H](O)[C@@H](OC)C(=O)[C@H](C)C[C@H](C)/C=C/C=CC=C1C. The molecule has 0 unspecified atom stereocenters. The van der Waals surface area contributed by atoms with Gasteiger partial charge in [0.15, 0.2) is 18.9 Å². The molecule has 4 N–H and O–H groups in total. The summed E-state index contributed by atoms with van der Waals surface area (Å²) in [5.74, 6) is -16.9. The fourth-order valence-corrected chi connectivity index (χ4v) is 22.0. The summed E-state index contributed by atoms with van der Waals surface area (Å²) in [6.07, 6.45) is 22.4. The van der Waals surface area contributed by atoms with E-state index in [1.807, 2.05) is 84.1 Å². The van der Waals surface area contributed by atoms with E-state index in [4.69, 9.17) is 56.0 Å². The van der Waals surface area contributed by atoms with Gasteiger partial charge in [0.05, 0.1) is 52.9 Å². The minimum Gasteiger partial charge on any atom is -0.460 e. The van der Waals surface area contributed by atoms with E-state index in [-0.39, 0.29) is 135 Å². The van der Waals surface area contributed by atoms with Crippen molar-refractivity contribution >= 4 is 65.8 Å². The van der Waals surface area contributed by atoms with Crippen LogP contribution in [-0.2, 0) is 104 Å². The van der Waals surface area contributed by atoms with Crippen LogP contribution in [0.5, 0.6) is 0 Å². The third kappa shape index (κ3) is 31.8. The maximum Gasteiger partial charge on any atom is 0.329 e. The molecule has 33 heteroatoms. The minimum absolute atomic E-state index is 0.0117. The lowest BCUT2D eigenvalue weighted by Crippen LogP contribution is -2.61. The molecule has 774 valence electrons. The monoisotopic (exact) mass is 1960 g/mol. The number of hydrogen-bond acceptors (Lipinski definition) is 29. The molecule has 6 aliphatic heterocycles. The average Bonchev–Trinajstić information content (AvgIpc) is 1.19. The lowest BCUT2D eigenvalue weighted by Gasteiger charge is -2.42. The predicted molar refractivity (Wildman–Crippen MR) is 519 cm³/mol. The van der Waals surface area contributed by atoms with Crippen LogP contribution in [0.4, 0.5) is 0 Å². The molecular formula is C105H163N6O26P. The van der Waals surface area contributed by atoms with Crippen molar-refractivity contribution in [3.8, 4) is 0 Å². The van der Waals surface area contributed by atoms with Crippen molar-refractivity contribution in [3.05, 3.63) is 102 Å². The van der Waals surface area contributed by atoms with Gasteiger partial charge in [0, 0.05) is 130 Å². The van der Waals surface area contributed by atoms with Gasteiger partial charge < -0.3 is 82.1 Å². The summed E-state index contributed by atoms with van der Waals surface area (Å²) in [6.45, 7) is 28.1. The summed E-state index contributed by atoms with van der Waals surface area (Å²) in [5.41, 5.74) is 2.14. The Balaban J connectivity index is 0.000000346. The summed E-state index contributed by atoms with van der Waals surface area (Å²) in [5, 5.41) is 58.7. The van der Waals surface area contributed by atoms with Crippen molar-refractivity contribution < 1.29 is 129 Å². The van der Waals surface area contributed by atoms with Crippen molar-refractivity contribution in [2.24, 2.45) is 71.0 Å². The lowest BCUT2D eigenvalue weighted by atomic mass is 9.77. The van der Waals surface area contributed by atoms with Crippen LogP contribution in [0.1, 0.15) is 261 Å². The third-order valence-corrected chi connectivity index (χ3v) is 30.7. The van der Waals surface area contributed by atoms with E-state index >= 15 is 0 Å². The maximum atomic E-state index is 14.5. The van der Waals surface area contributed by atoms with Gasteiger partial charge in [0.2, 0.25) is 11.6 Å². The molecule has 30 atom stereocenters. The fourth-order valence-electron chi connectivity index (χ4n) is 21.1. The van der Waals surface area contributed by atoms with Crippen LogP contribution in [-0.4, -0.2) is 281 Å². The van der Waals surface area contributed by atoms with Crippen LogP contribution in [0.25, 0.3) is 0 Å². The number of piperidine rings is 2. The van der Waals surface area contributed by atoms with Gasteiger partial charge in [0.1, 0.15) is 66.6 Å². The number of nitrogens with zero attached hydrogens (tertiary/aromatic N) is 6. The van der Waals surface area contributed by atoms with Gasteiger partial charge >= 0.3 is 11.9 Å². The molecule has 9 rings (SSSR count). The minimum atomic E-state index is -2.80. The molecule has 1 aromatic rings. The first kappa shape index (κ1) is 111. The molecule has 138 heavy (non-hydrogen) atoms. The number of carbonyl (C=O) groups excluding carboxylic acids is 10. The number of amides is 2. The number of ether oxygens (including phenoxy) is 10. The second-order valence-corrected chi connectivity index (χ2v) is 43.9. The molecule has 0 spiro atoms. The number of fused-ring (bicyclic) bond motifs is 6. The summed E-state index contributed by atoms with van der Waals surface area (Å²) in [7, 11) is 1.95. The Morgan fingerprint density at radius 2 is 0.928 bits per heavy atom. The molecule has 4 saturated heterocycles. The smallest absolute Gasteiger partial charge is 0.329 e. The second kappa shape index (κ2) is 54.3. The predicted octanol–water partition coefficient (Wildman–Crippen LogP) is 13.8. The van der Waals surface area contributed by atoms with Crippen LogP contribution >= 0.6 is 7.37 Å². The number of carbonyl (C=O) groups is 10. The molecule has 0 radical (unpaired) electrons. The van der Waals surface area contributed by atoms with Gasteiger partial charge in [0.25, 0.3) is 23.4 Å². The highest BCUT2D eigenvalue weighted by Gasteiger charge is 2.56. The highest BCUT2D eigenvalue weighted by atomic mass is 31.2. The van der Waals surface area contributed by atoms with Crippen molar-refractivity contribution in [1.82, 2.24) is 30.0 Å². The summed E-state index contributed by atoms with van der Waals surface area (Å²) in [4.78, 5) is 145. The lowest BCUT2D eigenvalue weighted by molar-refractivity contribution is -0.265. The van der Waals surface area contributed by atoms with E-state index in [0.29, 0.717) is 113 Å². The number of hydrogen-bond donors (Lipinski definition) is 4. The Morgan fingerprint density at radius 1 is 0.500 bits per heavy atom. The topological polar surface area (TPSA) is 420 Å². The Bertz CT molecular complexity index is 4640. The number of allylic oxidation sites excluding steroid dienone is 12. The number of methoxy groups -OCH3 is 6. The molecule has 2 saturated carbocycles. The van der Waals surface area contributed by atoms with Crippen molar-refractivity contribution in [2.45, 2.75) is 360 Å². The highest BCUT2D eigenvalue weighted by Crippen LogP contribution is 2.47. The highest BCUT2D eigenvalue weighted by molar-refractivity contribution is 7.57. The molecule has 0 aromatic carbocycles. The van der Waals surface area contributed by atoms with Gasteiger partial charge in [-0.25, -0.2) is 14.3 Å². The van der Waals surface area contributed by atoms with Crippen molar-refractivity contribution in [3.63, 3.8) is 0 Å². The number of ketones is 6. The first-order valence-electron chi connectivity index (χ1n) is 51.5. The Labute approximate surface area is 822 Å². The van der Waals surface area contributed by atoms with E-state index in [1.165, 1.54) is 19.1 Å². The number of aliphatic hydroxyl groups is 4. The largest absolute Gasteiger partial charge is 0.460 e. The zero-order valence-corrected chi connectivity index (χ0v) is 86.4. The molecular weight excluding hydrogens is 1790 g/mol. The standard InChI is InChI=1S/C53H84NO14P.C52H79N5O12/c1-32-18-14-13-15-19-33(2)44(63-8)30-40-23-21-38(7)53(61,67-40)50(58)51(59)54-25-17-16-20-41(54)52(60)66-45(35(4)28-39-22-24-43(46(29-39)64-9)68-69(11,12)62)31-42(55)34(3)27-37(6)48(57)49(65-10)47(56)36(5)26-32;1-31-16-12-11-13-17-32(2)43(65-8)28-39-21-19-37(7)52(64,69-39)49(61)50(62)56-23-15-14-18-41(56)51(63)68-44(34(4)26-38-20-22-40(45(27-38)66-9)57-30-53-54-55-57)29-42(58)33(3)25-36(6)47(60)48(67-10)46(59)35(5)24-31/h13-15,18-19,27,32,34-36,38-41,43-46,48-49,57,61H,16-17,20-26,28-31H2,1-12H3;11-13,16-17,25,30-31,33-35,37-41,43-45,47-48,60,64H,14-15,18-24,26-29H2,1-10H3/b15-13?,18-14+,33-19?,37-27+;13-11?,16-12+,32-17?,36-25+/t32-,34-,35-,36-,38-,39+,40+,41+,43-,44+,45+,46-,48-,49+,53-;31-,33-,34-,35-,37-,38+,39+,40+,41+,43+,44+,45-,47-,48+,52-/m11/s1/i;8D3. The first-order chi connectivity index (χ1) is 66.4. The van der Waals surface area contributed by atoms with Crippen LogP contribution in [0.2, 0.25) is 0 Å². The van der Waals surface area contributed by atoms with E-state index in [0.717, 1.165) is 29.7 Å². The quantitative estimate of drug-likeness (QED) is 0.0548. The van der Waals surface area contributed by atoms with Gasteiger partial charge in [-0.05, 0) is 224 Å². The molecule has 7 heterocycles. The number of tetrazole rings is 1. The number of esters is 2. The number of aromatic nitrogens is 4. The molecule has 32 nitrogen and oxygen atoms in total. The number of Topliss-reactive ketones (excluding diaryl/α,β-unsaturated/α-hetero) is 6. The second-order valence-electron chi connectivity index (χ2n) is 41.2. The van der Waals surface area contributed by atoms with Gasteiger partial charge in [-0.15, -0.1) is 5.10 Å². The number of aliphatic hydroxyl groups excluding tert-OH is 2. The van der Waals surface area contributed by atoms with E-state index in [2.05, 4.69) is 15.5 Å². The number of rotatable bonds is 15. The molecule has 6 fully saturated rings. The van der Waals surface area contributed by atoms with Gasteiger partial charge in [-0.3, -0.25) is 42.9 Å². The third-order valence-electron chi connectivity index (χ3n) is 29.9. The average molecular weight is 1960 g/mol. The molecule has 2 aliphatic carbocycles. The van der Waals surface area contributed by atoms with Crippen LogP contribution in [0.15, 0.2) is 102 Å². The summed E-state index contributed by atoms with van der Waals surface area (Å²) >= 11 is 0. The van der Waals surface area contributed by atoms with Crippen molar-refractivity contribution in [1.29, 1.82) is 0 Å². The van der Waals surface area contributed by atoms with Crippen LogP contribution in [0, 0.1) is 71.0 Å². The zero-order valence-electron chi connectivity index (χ0n) is 88.5. The van der Waals surface area contributed by atoms with Crippen LogP contribution < -0.4 is 0 Å². The summed E-state index contributed by atoms with van der Waals surface area (Å²) < 4.78 is 103. The van der Waals surface area contributed by atoms with Gasteiger partial charge in [-0.1, -0.05) is 142 Å². The van der Waals surface area contributed by atoms with E-state index < -0.39 is 170 Å². The van der Waals surface area contributed by atoms with Crippen molar-refractivity contribution in [2.75, 3.05) is 69.0 Å². The molecule has 8 aliphatic rings. The zero-order chi connectivity index (χ0) is 104. The normalized spacial score (nSPS) is 38.1. The van der Waals surface area contributed by atoms with E-state index in [9.17, 15) is 72.9 Å². The van der Waals surface area contributed by atoms with Gasteiger partial charge in [-0.2, -0.15) is 0 Å². The molecule has 4 bridgehead atoms. The Hall–Kier alpha value is -7.40. The molecule has 2 amide bonds. The molecule has 1 aromatic heterocycles. The van der Waals surface area contributed by atoms with E-state index in [1.54, 1.807) is 131 Å². The number of cyclic esters (lactones) is 2. The Morgan fingerprint density at radius 3 is 1.33 bits per heavy atom.